The molecule has 1 aliphatic heterocycles. The van der Waals surface area contributed by atoms with Gasteiger partial charge < -0.3 is 0 Å². The molecule has 0 spiro atoms. The van der Waals surface area contributed by atoms with Gasteiger partial charge in [0.2, 0.25) is 0 Å². The molecule has 2 nitrogen and oxygen atoms in total. The first kappa shape index (κ1) is 15.8. The zero-order chi connectivity index (χ0) is 14.6. The molecule has 1 saturated heterocycles. The number of thioether (sulfide) groups is 1. The average molecular weight is 292 g/mol. The highest BCUT2D eigenvalue weighted by Crippen LogP contribution is 2.34. The number of hydrogen-bond acceptors (Lipinski definition) is 3. The Morgan fingerprint density at radius 3 is 2.75 bits per heavy atom. The second-order valence-electron chi connectivity index (χ2n) is 6.69. The minimum absolute atomic E-state index is 0.231. The molecule has 2 heterocycles. The third-order valence-corrected chi connectivity index (χ3v) is 4.78. The molecule has 1 atom stereocenters. The lowest BCUT2D eigenvalue weighted by molar-refractivity contribution is 0.253. The Morgan fingerprint density at radius 1 is 1.35 bits per heavy atom. The van der Waals surface area contributed by atoms with Gasteiger partial charge in [-0.15, -0.1) is 11.8 Å². The predicted octanol–water partition coefficient (Wildman–Crippen LogP) is 4.91. The standard InChI is InChI=1S/C17H28N2S/c1-5-6-11-19-12-7-8-15(19)14-9-10-16(18-13-14)20-17(2,3)4/h9-10,13,15H,5-8,11-12H2,1-4H3. The molecule has 0 amide bonds. The van der Waals surface area contributed by atoms with Gasteiger partial charge in [0.05, 0.1) is 5.03 Å². The summed E-state index contributed by atoms with van der Waals surface area (Å²) in [6.07, 6.45) is 7.30. The highest BCUT2D eigenvalue weighted by atomic mass is 32.2. The maximum absolute atomic E-state index is 4.66. The van der Waals surface area contributed by atoms with E-state index in [0.717, 1.165) is 5.03 Å². The van der Waals surface area contributed by atoms with Gasteiger partial charge in [-0.2, -0.15) is 0 Å². The fraction of sp³-hybridized carbons (Fsp3) is 0.706. The molecule has 0 N–H and O–H groups in total. The number of likely N-dealkylation sites (tertiary alicyclic amines) is 1. The molecule has 2 rings (SSSR count). The van der Waals surface area contributed by atoms with Crippen molar-refractivity contribution in [2.75, 3.05) is 13.1 Å². The molecular weight excluding hydrogens is 264 g/mol. The SMILES string of the molecule is CCCCN1CCCC1c1ccc(SC(C)(C)C)nc1. The zero-order valence-corrected chi connectivity index (χ0v) is 14.2. The van der Waals surface area contributed by atoms with Crippen molar-refractivity contribution >= 4 is 11.8 Å². The van der Waals surface area contributed by atoms with Crippen LogP contribution in [-0.4, -0.2) is 27.7 Å². The number of pyridine rings is 1. The maximum Gasteiger partial charge on any atom is 0.0965 e. The Bertz CT molecular complexity index is 408. The van der Waals surface area contributed by atoms with Crippen LogP contribution in [0.4, 0.5) is 0 Å². The Balaban J connectivity index is 2.01. The normalized spacial score (nSPS) is 20.5. The van der Waals surface area contributed by atoms with Gasteiger partial charge in [0.25, 0.3) is 0 Å². The Morgan fingerprint density at radius 2 is 2.15 bits per heavy atom. The van der Waals surface area contributed by atoms with Crippen molar-refractivity contribution in [2.24, 2.45) is 0 Å². The number of nitrogens with zero attached hydrogens (tertiary/aromatic N) is 2. The molecule has 0 bridgehead atoms. The third kappa shape index (κ3) is 4.49. The minimum Gasteiger partial charge on any atom is -0.296 e. The van der Waals surface area contributed by atoms with Crippen LogP contribution in [0.3, 0.4) is 0 Å². The topological polar surface area (TPSA) is 16.1 Å². The van der Waals surface area contributed by atoms with E-state index in [9.17, 15) is 0 Å². The molecule has 3 heteroatoms. The van der Waals surface area contributed by atoms with Gasteiger partial charge in [-0.3, -0.25) is 4.90 Å². The van der Waals surface area contributed by atoms with Gasteiger partial charge in [0.1, 0.15) is 0 Å². The third-order valence-electron chi connectivity index (χ3n) is 3.72. The fourth-order valence-electron chi connectivity index (χ4n) is 2.80. The molecule has 0 aliphatic carbocycles. The summed E-state index contributed by atoms with van der Waals surface area (Å²) in [4.78, 5) is 7.30. The molecular formula is C17H28N2S. The number of aromatic nitrogens is 1. The van der Waals surface area contributed by atoms with Crippen molar-refractivity contribution < 1.29 is 0 Å². The number of hydrogen-bond donors (Lipinski definition) is 0. The van der Waals surface area contributed by atoms with Crippen molar-refractivity contribution in [1.82, 2.24) is 9.88 Å². The summed E-state index contributed by atoms with van der Waals surface area (Å²) in [6.45, 7) is 11.5. The summed E-state index contributed by atoms with van der Waals surface area (Å²) < 4.78 is 0.231. The van der Waals surface area contributed by atoms with Crippen LogP contribution in [-0.2, 0) is 0 Å². The van der Waals surface area contributed by atoms with E-state index in [2.05, 4.69) is 55.9 Å². The van der Waals surface area contributed by atoms with Crippen LogP contribution in [0.1, 0.15) is 65.0 Å². The first-order chi connectivity index (χ1) is 9.49. The first-order valence-electron chi connectivity index (χ1n) is 7.88. The highest BCUT2D eigenvalue weighted by Gasteiger charge is 2.25. The quantitative estimate of drug-likeness (QED) is 0.717. The fourth-order valence-corrected chi connectivity index (χ4v) is 3.66. The van der Waals surface area contributed by atoms with E-state index in [0.29, 0.717) is 6.04 Å². The molecule has 1 aromatic rings. The lowest BCUT2D eigenvalue weighted by atomic mass is 10.1. The van der Waals surface area contributed by atoms with Crippen molar-refractivity contribution in [1.29, 1.82) is 0 Å². The van der Waals surface area contributed by atoms with E-state index in [1.807, 2.05) is 11.8 Å². The molecule has 1 aromatic heterocycles. The van der Waals surface area contributed by atoms with Crippen LogP contribution in [0.15, 0.2) is 23.4 Å². The lowest BCUT2D eigenvalue weighted by Gasteiger charge is -2.24. The largest absolute Gasteiger partial charge is 0.296 e. The summed E-state index contributed by atoms with van der Waals surface area (Å²) in [5, 5.41) is 1.14. The van der Waals surface area contributed by atoms with Crippen molar-refractivity contribution in [3.63, 3.8) is 0 Å². The van der Waals surface area contributed by atoms with E-state index in [1.54, 1.807) is 0 Å². The van der Waals surface area contributed by atoms with Gasteiger partial charge in [0.15, 0.2) is 0 Å². The van der Waals surface area contributed by atoms with Crippen LogP contribution in [0.25, 0.3) is 0 Å². The maximum atomic E-state index is 4.66. The summed E-state index contributed by atoms with van der Waals surface area (Å²) >= 11 is 1.84. The summed E-state index contributed by atoms with van der Waals surface area (Å²) in [6, 6.07) is 5.08. The molecule has 112 valence electrons. The van der Waals surface area contributed by atoms with E-state index in [1.165, 1.54) is 44.3 Å². The minimum atomic E-state index is 0.231. The molecule has 1 unspecified atom stereocenters. The van der Waals surface area contributed by atoms with E-state index >= 15 is 0 Å². The van der Waals surface area contributed by atoms with Crippen LogP contribution in [0, 0.1) is 0 Å². The molecule has 1 aliphatic rings. The smallest absolute Gasteiger partial charge is 0.0965 e. The van der Waals surface area contributed by atoms with Gasteiger partial charge >= 0.3 is 0 Å². The molecule has 0 radical (unpaired) electrons. The zero-order valence-electron chi connectivity index (χ0n) is 13.4. The van der Waals surface area contributed by atoms with E-state index < -0.39 is 0 Å². The number of unbranched alkanes of at least 4 members (excludes halogenated alkanes) is 1. The van der Waals surface area contributed by atoms with Gasteiger partial charge in [-0.05, 0) is 44.0 Å². The molecule has 20 heavy (non-hydrogen) atoms. The predicted molar refractivity (Wildman–Crippen MR) is 88.3 cm³/mol. The van der Waals surface area contributed by atoms with E-state index in [4.69, 9.17) is 0 Å². The molecule has 0 aromatic carbocycles. The summed E-state index contributed by atoms with van der Waals surface area (Å²) in [5.41, 5.74) is 1.40. The second-order valence-corrected chi connectivity index (χ2v) is 8.54. The Hall–Kier alpha value is -0.540. The first-order valence-corrected chi connectivity index (χ1v) is 8.70. The van der Waals surface area contributed by atoms with Crippen LogP contribution >= 0.6 is 11.8 Å². The van der Waals surface area contributed by atoms with Crippen molar-refractivity contribution in [2.45, 2.75) is 69.2 Å². The van der Waals surface area contributed by atoms with Gasteiger partial charge in [0, 0.05) is 17.0 Å². The Kier molecular flexibility index (Phi) is 5.50. The van der Waals surface area contributed by atoms with Gasteiger partial charge in [-0.1, -0.05) is 40.2 Å². The second kappa shape index (κ2) is 6.95. The summed E-state index contributed by atoms with van der Waals surface area (Å²) in [7, 11) is 0. The lowest BCUT2D eigenvalue weighted by Crippen LogP contribution is -2.24. The Labute approximate surface area is 128 Å². The molecule has 1 fully saturated rings. The summed E-state index contributed by atoms with van der Waals surface area (Å²) in [5.74, 6) is 0. The molecule has 0 saturated carbocycles. The van der Waals surface area contributed by atoms with E-state index in [-0.39, 0.29) is 4.75 Å². The van der Waals surface area contributed by atoms with Crippen LogP contribution in [0.2, 0.25) is 0 Å². The number of rotatable bonds is 5. The van der Waals surface area contributed by atoms with Crippen LogP contribution in [0.5, 0.6) is 0 Å². The van der Waals surface area contributed by atoms with Gasteiger partial charge in [-0.25, -0.2) is 4.98 Å². The monoisotopic (exact) mass is 292 g/mol. The van der Waals surface area contributed by atoms with Crippen LogP contribution < -0.4 is 0 Å². The van der Waals surface area contributed by atoms with Crippen molar-refractivity contribution in [3.8, 4) is 0 Å². The average Bonchev–Trinajstić information content (AvgIpc) is 2.83. The van der Waals surface area contributed by atoms with Crippen molar-refractivity contribution in [3.05, 3.63) is 23.9 Å². The highest BCUT2D eigenvalue weighted by molar-refractivity contribution is 8.00.